The standard InChI is InChI=1S/C16H22ClNO3/c1-20-15-4-10(3-14(17)16(15)21-2)7-18-8-11-5-13(19)6-12(11)9-18/h3-4,11-13,19H,5-9H2,1-2H3/t11-,12+,13?. The molecule has 1 aliphatic carbocycles. The van der Waals surface area contributed by atoms with Crippen LogP contribution in [0.2, 0.25) is 5.02 Å². The highest BCUT2D eigenvalue weighted by atomic mass is 35.5. The Morgan fingerprint density at radius 3 is 2.43 bits per heavy atom. The number of rotatable bonds is 4. The highest BCUT2D eigenvalue weighted by Gasteiger charge is 2.40. The van der Waals surface area contributed by atoms with Crippen LogP contribution in [0, 0.1) is 11.8 Å². The number of nitrogens with zero attached hydrogens (tertiary/aromatic N) is 1. The summed E-state index contributed by atoms with van der Waals surface area (Å²) in [5.74, 6) is 2.56. The quantitative estimate of drug-likeness (QED) is 0.928. The van der Waals surface area contributed by atoms with Crippen LogP contribution in [-0.4, -0.2) is 43.4 Å². The number of benzene rings is 1. The first-order valence-electron chi connectivity index (χ1n) is 7.41. The first-order valence-corrected chi connectivity index (χ1v) is 7.79. The van der Waals surface area contributed by atoms with Crippen molar-refractivity contribution in [3.63, 3.8) is 0 Å². The van der Waals surface area contributed by atoms with Gasteiger partial charge in [-0.25, -0.2) is 0 Å². The fourth-order valence-electron chi connectivity index (χ4n) is 3.82. The van der Waals surface area contributed by atoms with Crippen molar-refractivity contribution < 1.29 is 14.6 Å². The Kier molecular flexibility index (Phi) is 4.29. The van der Waals surface area contributed by atoms with Gasteiger partial charge in [-0.2, -0.15) is 0 Å². The molecule has 1 heterocycles. The molecule has 4 nitrogen and oxygen atoms in total. The van der Waals surface area contributed by atoms with E-state index >= 15 is 0 Å². The lowest BCUT2D eigenvalue weighted by atomic mass is 10.0. The molecule has 1 saturated carbocycles. The smallest absolute Gasteiger partial charge is 0.179 e. The average molecular weight is 312 g/mol. The summed E-state index contributed by atoms with van der Waals surface area (Å²) < 4.78 is 10.6. The lowest BCUT2D eigenvalue weighted by Crippen LogP contribution is -2.22. The maximum atomic E-state index is 9.71. The van der Waals surface area contributed by atoms with Crippen LogP contribution in [-0.2, 0) is 6.54 Å². The van der Waals surface area contributed by atoms with Gasteiger partial charge in [0.2, 0.25) is 0 Å². The summed E-state index contributed by atoms with van der Waals surface area (Å²) in [6.45, 7) is 2.99. The molecule has 1 aliphatic heterocycles. The summed E-state index contributed by atoms with van der Waals surface area (Å²) in [7, 11) is 3.22. The summed E-state index contributed by atoms with van der Waals surface area (Å²) in [6, 6.07) is 3.94. The van der Waals surface area contributed by atoms with E-state index in [0.717, 1.165) is 38.0 Å². The molecule has 1 N–H and O–H groups in total. The van der Waals surface area contributed by atoms with Crippen LogP contribution in [0.15, 0.2) is 12.1 Å². The SMILES string of the molecule is COc1cc(CN2C[C@H]3CC(O)C[C@H]3C2)cc(Cl)c1OC. The molecule has 3 rings (SSSR count). The Bertz CT molecular complexity index is 508. The van der Waals surface area contributed by atoms with Crippen molar-refractivity contribution in [3.05, 3.63) is 22.7 Å². The second kappa shape index (κ2) is 6.03. The molecule has 1 unspecified atom stereocenters. The van der Waals surface area contributed by atoms with Crippen molar-refractivity contribution in [2.24, 2.45) is 11.8 Å². The van der Waals surface area contributed by atoms with Gasteiger partial charge in [0.05, 0.1) is 25.3 Å². The van der Waals surface area contributed by atoms with Crippen LogP contribution >= 0.6 is 11.6 Å². The minimum absolute atomic E-state index is 0.0855. The molecule has 0 aromatic heterocycles. The van der Waals surface area contributed by atoms with Gasteiger partial charge in [-0.3, -0.25) is 4.90 Å². The number of ether oxygens (including phenoxy) is 2. The summed E-state index contributed by atoms with van der Waals surface area (Å²) in [5.41, 5.74) is 1.14. The molecular weight excluding hydrogens is 290 g/mol. The Labute approximate surface area is 130 Å². The van der Waals surface area contributed by atoms with E-state index in [2.05, 4.69) is 4.90 Å². The van der Waals surface area contributed by atoms with Gasteiger partial charge in [-0.1, -0.05) is 11.6 Å². The number of aliphatic hydroxyl groups is 1. The molecule has 0 amide bonds. The Balaban J connectivity index is 1.70. The molecule has 5 heteroatoms. The second-order valence-corrected chi connectivity index (χ2v) is 6.56. The topological polar surface area (TPSA) is 41.9 Å². The van der Waals surface area contributed by atoms with E-state index in [1.165, 1.54) is 0 Å². The Morgan fingerprint density at radius 2 is 1.86 bits per heavy atom. The van der Waals surface area contributed by atoms with Gasteiger partial charge in [0.25, 0.3) is 0 Å². The number of hydrogen-bond donors (Lipinski definition) is 1. The number of methoxy groups -OCH3 is 2. The van der Waals surface area contributed by atoms with E-state index in [1.807, 2.05) is 12.1 Å². The minimum atomic E-state index is -0.0855. The van der Waals surface area contributed by atoms with Gasteiger partial charge in [-0.15, -0.1) is 0 Å². The molecule has 1 aromatic rings. The van der Waals surface area contributed by atoms with Crippen molar-refractivity contribution in [1.29, 1.82) is 0 Å². The predicted molar refractivity (Wildman–Crippen MR) is 82.1 cm³/mol. The van der Waals surface area contributed by atoms with Gasteiger partial charge in [0.1, 0.15) is 0 Å². The lowest BCUT2D eigenvalue weighted by Gasteiger charge is -2.19. The molecular formula is C16H22ClNO3. The maximum absolute atomic E-state index is 9.71. The van der Waals surface area contributed by atoms with Crippen LogP contribution in [0.1, 0.15) is 18.4 Å². The molecule has 1 aromatic carbocycles. The largest absolute Gasteiger partial charge is 0.493 e. The monoisotopic (exact) mass is 311 g/mol. The third-order valence-electron chi connectivity index (χ3n) is 4.70. The van der Waals surface area contributed by atoms with Crippen molar-refractivity contribution >= 4 is 11.6 Å². The number of likely N-dealkylation sites (tertiary alicyclic amines) is 1. The van der Waals surface area contributed by atoms with E-state index in [1.54, 1.807) is 14.2 Å². The fourth-order valence-corrected chi connectivity index (χ4v) is 4.13. The molecule has 116 valence electrons. The van der Waals surface area contributed by atoms with Gasteiger partial charge < -0.3 is 14.6 Å². The van der Waals surface area contributed by atoms with E-state index in [4.69, 9.17) is 21.1 Å². The molecule has 3 atom stereocenters. The maximum Gasteiger partial charge on any atom is 0.179 e. The third kappa shape index (κ3) is 2.98. The summed E-state index contributed by atoms with van der Waals surface area (Å²) in [6.07, 6.45) is 1.82. The Hall–Kier alpha value is -0.970. The fraction of sp³-hybridized carbons (Fsp3) is 0.625. The van der Waals surface area contributed by atoms with Gasteiger partial charge in [0.15, 0.2) is 11.5 Å². The summed E-state index contributed by atoms with van der Waals surface area (Å²) in [4.78, 5) is 2.44. The van der Waals surface area contributed by atoms with Crippen LogP contribution in [0.25, 0.3) is 0 Å². The molecule has 0 spiro atoms. The zero-order chi connectivity index (χ0) is 15.0. The zero-order valence-corrected chi connectivity index (χ0v) is 13.3. The van der Waals surface area contributed by atoms with Crippen LogP contribution in [0.3, 0.4) is 0 Å². The van der Waals surface area contributed by atoms with E-state index in [9.17, 15) is 5.11 Å². The van der Waals surface area contributed by atoms with Gasteiger partial charge >= 0.3 is 0 Å². The van der Waals surface area contributed by atoms with E-state index in [-0.39, 0.29) is 6.10 Å². The lowest BCUT2D eigenvalue weighted by molar-refractivity contribution is 0.161. The van der Waals surface area contributed by atoms with Crippen molar-refractivity contribution in [1.82, 2.24) is 4.90 Å². The normalized spacial score (nSPS) is 28.7. The highest BCUT2D eigenvalue weighted by molar-refractivity contribution is 6.32. The number of fused-ring (bicyclic) bond motifs is 1. The average Bonchev–Trinajstić information content (AvgIpc) is 2.94. The number of aliphatic hydroxyl groups excluding tert-OH is 1. The van der Waals surface area contributed by atoms with Gasteiger partial charge in [0, 0.05) is 19.6 Å². The summed E-state index contributed by atoms with van der Waals surface area (Å²) >= 11 is 6.26. The molecule has 0 radical (unpaired) electrons. The second-order valence-electron chi connectivity index (χ2n) is 6.15. The van der Waals surface area contributed by atoms with E-state index < -0.39 is 0 Å². The zero-order valence-electron chi connectivity index (χ0n) is 12.5. The third-order valence-corrected chi connectivity index (χ3v) is 4.98. The number of hydrogen-bond acceptors (Lipinski definition) is 4. The molecule has 0 bridgehead atoms. The first-order chi connectivity index (χ1) is 10.1. The Morgan fingerprint density at radius 1 is 1.19 bits per heavy atom. The summed E-state index contributed by atoms with van der Waals surface area (Å²) in [5, 5.41) is 10.3. The van der Waals surface area contributed by atoms with Crippen molar-refractivity contribution in [2.75, 3.05) is 27.3 Å². The predicted octanol–water partition coefficient (Wildman–Crippen LogP) is 2.56. The molecule has 1 saturated heterocycles. The minimum Gasteiger partial charge on any atom is -0.493 e. The first kappa shape index (κ1) is 14.9. The van der Waals surface area contributed by atoms with E-state index in [0.29, 0.717) is 28.4 Å². The van der Waals surface area contributed by atoms with Gasteiger partial charge in [-0.05, 0) is 42.4 Å². The van der Waals surface area contributed by atoms with Crippen molar-refractivity contribution in [3.8, 4) is 11.5 Å². The highest BCUT2D eigenvalue weighted by Crippen LogP contribution is 2.40. The van der Waals surface area contributed by atoms with Crippen LogP contribution in [0.4, 0.5) is 0 Å². The van der Waals surface area contributed by atoms with Crippen molar-refractivity contribution in [2.45, 2.75) is 25.5 Å². The van der Waals surface area contributed by atoms with Crippen LogP contribution < -0.4 is 9.47 Å². The molecule has 2 aliphatic rings. The number of halogens is 1. The molecule has 2 fully saturated rings. The van der Waals surface area contributed by atoms with Crippen LogP contribution in [0.5, 0.6) is 11.5 Å². The molecule has 21 heavy (non-hydrogen) atoms.